The highest BCUT2D eigenvalue weighted by Gasteiger charge is 2.48. The molecule has 0 N–H and O–H groups in total. The minimum atomic E-state index is -0.386. The van der Waals surface area contributed by atoms with Gasteiger partial charge < -0.3 is 9.47 Å². The number of epoxide rings is 1. The molecule has 1 aromatic rings. The van der Waals surface area contributed by atoms with Crippen molar-refractivity contribution in [3.05, 3.63) is 30.3 Å². The van der Waals surface area contributed by atoms with Gasteiger partial charge in [0.1, 0.15) is 10.9 Å². The number of unbranched alkanes of at least 4 members (excludes halogenated alkanes) is 4. The van der Waals surface area contributed by atoms with E-state index in [0.29, 0.717) is 6.10 Å². The third-order valence-electron chi connectivity index (χ3n) is 4.86. The smallest absolute Gasteiger partial charge is 0.322 e. The first-order chi connectivity index (χ1) is 11.7. The SMILES string of the molecule is C[C@H]1C[C@](CCCCCCC[C@H]2CO2)(Sc2ccccc2)C(=O)O1. The summed E-state index contributed by atoms with van der Waals surface area (Å²) in [6, 6.07) is 10.2. The molecule has 2 aliphatic heterocycles. The van der Waals surface area contributed by atoms with Gasteiger partial charge in [-0.1, -0.05) is 50.3 Å². The molecule has 3 rings (SSSR count). The Kier molecular flexibility index (Phi) is 6.23. The number of carbonyl (C=O) groups excluding carboxylic acids is 1. The van der Waals surface area contributed by atoms with Crippen molar-refractivity contribution in [3.63, 3.8) is 0 Å². The lowest BCUT2D eigenvalue weighted by molar-refractivity contribution is -0.142. The van der Waals surface area contributed by atoms with Gasteiger partial charge in [-0.05, 0) is 31.9 Å². The quantitative estimate of drug-likeness (QED) is 0.339. The third-order valence-corrected chi connectivity index (χ3v) is 6.30. The molecule has 0 unspecified atom stereocenters. The first-order valence-electron chi connectivity index (χ1n) is 9.25. The highest BCUT2D eigenvalue weighted by atomic mass is 32.2. The molecule has 2 fully saturated rings. The lowest BCUT2D eigenvalue weighted by Crippen LogP contribution is -2.30. The maximum atomic E-state index is 12.5. The van der Waals surface area contributed by atoms with E-state index in [2.05, 4.69) is 12.1 Å². The molecule has 0 bridgehead atoms. The molecule has 3 nitrogen and oxygen atoms in total. The van der Waals surface area contributed by atoms with E-state index in [4.69, 9.17) is 9.47 Å². The van der Waals surface area contributed by atoms with Gasteiger partial charge in [-0.15, -0.1) is 11.8 Å². The van der Waals surface area contributed by atoms with Crippen molar-refractivity contribution >= 4 is 17.7 Å². The molecule has 24 heavy (non-hydrogen) atoms. The number of benzene rings is 1. The molecule has 0 aliphatic carbocycles. The molecule has 0 radical (unpaired) electrons. The molecule has 2 aliphatic rings. The van der Waals surface area contributed by atoms with Crippen molar-refractivity contribution < 1.29 is 14.3 Å². The molecule has 0 aromatic heterocycles. The average Bonchev–Trinajstić information content (AvgIpc) is 3.34. The van der Waals surface area contributed by atoms with Crippen LogP contribution in [0.15, 0.2) is 35.2 Å². The Morgan fingerprint density at radius 3 is 2.50 bits per heavy atom. The van der Waals surface area contributed by atoms with E-state index >= 15 is 0 Å². The summed E-state index contributed by atoms with van der Waals surface area (Å²) in [5, 5.41) is 0. The number of carbonyl (C=O) groups is 1. The fourth-order valence-corrected chi connectivity index (χ4v) is 4.92. The van der Waals surface area contributed by atoms with Gasteiger partial charge >= 0.3 is 5.97 Å². The zero-order chi connectivity index (χ0) is 16.8. The van der Waals surface area contributed by atoms with Crippen LogP contribution in [-0.4, -0.2) is 29.5 Å². The Balaban J connectivity index is 1.46. The van der Waals surface area contributed by atoms with Gasteiger partial charge in [0.25, 0.3) is 0 Å². The van der Waals surface area contributed by atoms with E-state index in [9.17, 15) is 4.79 Å². The minimum absolute atomic E-state index is 0.0188. The molecule has 0 amide bonds. The van der Waals surface area contributed by atoms with Crippen molar-refractivity contribution in [3.8, 4) is 0 Å². The van der Waals surface area contributed by atoms with Crippen molar-refractivity contribution in [2.45, 2.75) is 80.1 Å². The van der Waals surface area contributed by atoms with E-state index in [1.807, 2.05) is 25.1 Å². The maximum absolute atomic E-state index is 12.5. The number of hydrogen-bond donors (Lipinski definition) is 0. The summed E-state index contributed by atoms with van der Waals surface area (Å²) in [5.41, 5.74) is 0. The van der Waals surface area contributed by atoms with Crippen molar-refractivity contribution in [2.75, 3.05) is 6.61 Å². The molecule has 0 saturated carbocycles. The molecule has 2 heterocycles. The zero-order valence-electron chi connectivity index (χ0n) is 14.5. The van der Waals surface area contributed by atoms with Crippen LogP contribution in [0.2, 0.25) is 0 Å². The molecule has 0 spiro atoms. The number of esters is 1. The second kappa shape index (κ2) is 8.39. The fraction of sp³-hybridized carbons (Fsp3) is 0.650. The van der Waals surface area contributed by atoms with E-state index < -0.39 is 0 Å². The number of rotatable bonds is 10. The number of thioether (sulfide) groups is 1. The highest BCUT2D eigenvalue weighted by molar-refractivity contribution is 8.01. The number of ether oxygens (including phenoxy) is 2. The normalized spacial score (nSPS) is 28.8. The van der Waals surface area contributed by atoms with Crippen LogP contribution < -0.4 is 0 Å². The Labute approximate surface area is 149 Å². The van der Waals surface area contributed by atoms with Crippen molar-refractivity contribution in [2.24, 2.45) is 0 Å². The van der Waals surface area contributed by atoms with E-state index in [1.165, 1.54) is 32.1 Å². The van der Waals surface area contributed by atoms with E-state index in [-0.39, 0.29) is 16.8 Å². The molecule has 3 atom stereocenters. The summed E-state index contributed by atoms with van der Waals surface area (Å²) in [6.45, 7) is 2.98. The van der Waals surface area contributed by atoms with Gasteiger partial charge in [0.15, 0.2) is 0 Å². The summed E-state index contributed by atoms with van der Waals surface area (Å²) in [7, 11) is 0. The van der Waals surface area contributed by atoms with E-state index in [1.54, 1.807) is 11.8 Å². The summed E-state index contributed by atoms with van der Waals surface area (Å²) < 4.78 is 10.4. The lowest BCUT2D eigenvalue weighted by Gasteiger charge is -2.24. The van der Waals surface area contributed by atoms with Crippen LogP contribution in [0, 0.1) is 0 Å². The van der Waals surface area contributed by atoms with Gasteiger partial charge in [0.2, 0.25) is 0 Å². The highest BCUT2D eigenvalue weighted by Crippen LogP contribution is 2.45. The van der Waals surface area contributed by atoms with Crippen LogP contribution in [0.4, 0.5) is 0 Å². The molecular weight excluding hydrogens is 320 g/mol. The molecule has 132 valence electrons. The molecule has 4 heteroatoms. The van der Waals surface area contributed by atoms with Crippen molar-refractivity contribution in [1.82, 2.24) is 0 Å². The fourth-order valence-electron chi connectivity index (χ4n) is 3.48. The van der Waals surface area contributed by atoms with Crippen LogP contribution in [0.25, 0.3) is 0 Å². The Bertz CT molecular complexity index is 529. The predicted molar refractivity (Wildman–Crippen MR) is 97.3 cm³/mol. The number of hydrogen-bond acceptors (Lipinski definition) is 4. The maximum Gasteiger partial charge on any atom is 0.322 e. The first kappa shape index (κ1) is 17.8. The van der Waals surface area contributed by atoms with Crippen LogP contribution in [-0.2, 0) is 14.3 Å². The van der Waals surface area contributed by atoms with Crippen molar-refractivity contribution in [1.29, 1.82) is 0 Å². The minimum Gasteiger partial charge on any atom is -0.462 e. The topological polar surface area (TPSA) is 38.8 Å². The summed E-state index contributed by atoms with van der Waals surface area (Å²) in [5.74, 6) is -0.0188. The van der Waals surface area contributed by atoms with Gasteiger partial charge in [0, 0.05) is 11.3 Å². The lowest BCUT2D eigenvalue weighted by atomic mass is 9.96. The van der Waals surface area contributed by atoms with Gasteiger partial charge in [-0.3, -0.25) is 4.79 Å². The monoisotopic (exact) mass is 348 g/mol. The summed E-state index contributed by atoms with van der Waals surface area (Å²) >= 11 is 1.70. The average molecular weight is 349 g/mol. The molecular formula is C20H28O3S. The van der Waals surface area contributed by atoms with Crippen LogP contribution in [0.5, 0.6) is 0 Å². The summed E-state index contributed by atoms with van der Waals surface area (Å²) in [4.78, 5) is 13.7. The van der Waals surface area contributed by atoms with E-state index in [0.717, 1.165) is 30.8 Å². The third kappa shape index (κ3) is 5.00. The summed E-state index contributed by atoms with van der Waals surface area (Å²) in [6.07, 6.45) is 9.66. The standard InChI is InChI=1S/C20H28O3S/c1-16-14-20(19(21)23-16,24-18-11-7-5-8-12-18)13-9-4-2-3-6-10-17-15-22-17/h5,7-8,11-12,16-17H,2-4,6,9-10,13-15H2,1H3/t16-,17-,20-/m0/s1. The second-order valence-corrected chi connectivity index (χ2v) is 8.55. The second-order valence-electron chi connectivity index (χ2n) is 7.09. The molecule has 2 saturated heterocycles. The van der Waals surface area contributed by atoms with Crippen LogP contribution >= 0.6 is 11.8 Å². The van der Waals surface area contributed by atoms with Crippen LogP contribution in [0.1, 0.15) is 58.3 Å². The Morgan fingerprint density at radius 1 is 1.12 bits per heavy atom. The van der Waals surface area contributed by atoms with Gasteiger partial charge in [-0.2, -0.15) is 0 Å². The zero-order valence-corrected chi connectivity index (χ0v) is 15.4. The Morgan fingerprint density at radius 2 is 1.83 bits per heavy atom. The largest absolute Gasteiger partial charge is 0.462 e. The Hall–Kier alpha value is -1.00. The van der Waals surface area contributed by atoms with Gasteiger partial charge in [0.05, 0.1) is 12.7 Å². The number of cyclic esters (lactones) is 1. The molecule has 1 aromatic carbocycles. The van der Waals surface area contributed by atoms with Crippen LogP contribution in [0.3, 0.4) is 0 Å². The predicted octanol–water partition coefficient (Wildman–Crippen LogP) is 4.98. The first-order valence-corrected chi connectivity index (χ1v) is 10.1. The van der Waals surface area contributed by atoms with Gasteiger partial charge in [-0.25, -0.2) is 0 Å².